The van der Waals surface area contributed by atoms with E-state index in [1.54, 1.807) is 0 Å². The van der Waals surface area contributed by atoms with E-state index in [1.165, 1.54) is 0 Å². The lowest BCUT2D eigenvalue weighted by Gasteiger charge is -2.39. The molecule has 0 saturated heterocycles. The van der Waals surface area contributed by atoms with E-state index in [4.69, 9.17) is 21.3 Å². The molecule has 0 atom stereocenters. The minimum Gasteiger partial charge on any atom is -0.457 e. The van der Waals surface area contributed by atoms with Crippen molar-refractivity contribution in [2.45, 2.75) is 5.41 Å². The molecule has 21 rings (SSSR count). The number of nitrogens with zero attached hydrogens (tertiary/aromatic N) is 10. The van der Waals surface area contributed by atoms with E-state index in [2.05, 4.69) is 269 Å². The first-order valence-electron chi connectivity index (χ1n) is 31.7. The van der Waals surface area contributed by atoms with Gasteiger partial charge < -0.3 is 27.6 Å². The van der Waals surface area contributed by atoms with Crippen molar-refractivity contribution in [3.63, 3.8) is 0 Å². The van der Waals surface area contributed by atoms with E-state index in [0.29, 0.717) is 22.7 Å². The van der Waals surface area contributed by atoms with Crippen LogP contribution in [-0.2, 0) is 5.41 Å². The van der Waals surface area contributed by atoms with Crippen molar-refractivity contribution in [2.75, 3.05) is 0 Å². The smallest absolute Gasteiger partial charge is 0.188 e. The van der Waals surface area contributed by atoms with Gasteiger partial charge in [-0.25, -0.2) is 4.85 Å². The molecular weight excluding hydrogens is 1160 g/mol. The quantitative estimate of drug-likeness (QED) is 0.160. The van der Waals surface area contributed by atoms with Gasteiger partial charge in [0.2, 0.25) is 0 Å². The average Bonchev–Trinajstić information content (AvgIpc) is 1.56. The Balaban J connectivity index is 0.861. The zero-order valence-electron chi connectivity index (χ0n) is 50.4. The fourth-order valence-corrected chi connectivity index (χ4v) is 16.5. The summed E-state index contributed by atoms with van der Waals surface area (Å²) in [6, 6.07) is 92.7. The highest BCUT2D eigenvalue weighted by Crippen LogP contribution is 2.63. The van der Waals surface area contributed by atoms with Gasteiger partial charge in [0.25, 0.3) is 0 Å². The van der Waals surface area contributed by atoms with Crippen LogP contribution in [0, 0.1) is 17.9 Å². The summed E-state index contributed by atoms with van der Waals surface area (Å²) >= 11 is 0. The maximum absolute atomic E-state index is 10.5. The third-order valence-corrected chi connectivity index (χ3v) is 20.3. The van der Waals surface area contributed by atoms with E-state index >= 15 is 0 Å². The summed E-state index contributed by atoms with van der Waals surface area (Å²) in [6.45, 7) is 8.01. The molecule has 8 aromatic heterocycles. The van der Waals surface area contributed by atoms with Crippen molar-refractivity contribution in [1.82, 2.24) is 37.8 Å². The number of para-hydroxylation sites is 6. The number of fused-ring (bicyclic) bond motifs is 24. The molecule has 11 aromatic carbocycles. The summed E-state index contributed by atoms with van der Waals surface area (Å²) < 4.78 is 19.3. The van der Waals surface area contributed by atoms with Crippen LogP contribution in [0.4, 0.5) is 5.69 Å². The van der Waals surface area contributed by atoms with Crippen LogP contribution in [0.25, 0.3) is 154 Å². The Hall–Kier alpha value is -13.4. The molecule has 0 N–H and O–H groups in total. The topological polar surface area (TPSA) is 101 Å². The lowest BCUT2D eigenvalue weighted by Crippen LogP contribution is -2.32. The number of hydrogen-bond donors (Lipinski definition) is 0. The predicted octanol–water partition coefficient (Wildman–Crippen LogP) is 20.2. The summed E-state index contributed by atoms with van der Waals surface area (Å²) in [5.74, 6) is 1.34. The number of ether oxygens (including phenoxy) is 1. The van der Waals surface area contributed by atoms with E-state index in [9.17, 15) is 5.26 Å². The van der Waals surface area contributed by atoms with E-state index in [-0.39, 0.29) is 0 Å². The van der Waals surface area contributed by atoms with Crippen LogP contribution in [-0.4, -0.2) is 37.8 Å². The van der Waals surface area contributed by atoms with Gasteiger partial charge in [0.1, 0.15) is 11.5 Å². The van der Waals surface area contributed by atoms with Gasteiger partial charge in [0.15, 0.2) is 5.69 Å². The first-order valence-corrected chi connectivity index (χ1v) is 31.7. The number of nitriles is 1. The zero-order chi connectivity index (χ0) is 62.4. The molecule has 0 unspecified atom stereocenters. The van der Waals surface area contributed by atoms with Crippen molar-refractivity contribution in [3.05, 3.63) is 319 Å². The van der Waals surface area contributed by atoms with Gasteiger partial charge in [0, 0.05) is 106 Å². The molecule has 438 valence electrons. The zero-order valence-corrected chi connectivity index (χ0v) is 50.4. The van der Waals surface area contributed by atoms with Crippen LogP contribution in [0.15, 0.2) is 280 Å². The lowest BCUT2D eigenvalue weighted by atomic mass is 9.66. The van der Waals surface area contributed by atoms with Crippen molar-refractivity contribution in [3.8, 4) is 57.4 Å². The summed E-state index contributed by atoms with van der Waals surface area (Å²) in [7, 11) is 0. The number of aromatic nitrogens is 8. The molecule has 19 aromatic rings. The summed E-state index contributed by atoms with van der Waals surface area (Å²) in [6.07, 6.45) is 7.83. The Morgan fingerprint density at radius 3 is 1.20 bits per heavy atom. The highest BCUT2D eigenvalue weighted by molar-refractivity contribution is 6.15. The Morgan fingerprint density at radius 1 is 0.337 bits per heavy atom. The Labute approximate surface area is 541 Å². The van der Waals surface area contributed by atoms with Crippen LogP contribution in [0.2, 0.25) is 0 Å². The van der Waals surface area contributed by atoms with Crippen LogP contribution >= 0.6 is 0 Å². The number of rotatable bonds is 5. The van der Waals surface area contributed by atoms with Crippen LogP contribution < -0.4 is 4.74 Å². The molecule has 0 saturated carbocycles. The van der Waals surface area contributed by atoms with Crippen molar-refractivity contribution >= 4 is 115 Å². The number of hydrogen-bond acceptors (Lipinski definition) is 5. The molecule has 2 aliphatic rings. The Kier molecular flexibility index (Phi) is 10.2. The van der Waals surface area contributed by atoms with Gasteiger partial charge in [-0.15, -0.1) is 0 Å². The molecule has 0 amide bonds. The molecule has 1 aliphatic carbocycles. The van der Waals surface area contributed by atoms with Gasteiger partial charge >= 0.3 is 0 Å². The maximum Gasteiger partial charge on any atom is 0.188 e. The summed E-state index contributed by atoms with van der Waals surface area (Å²) in [5.41, 5.74) is 20.4. The van der Waals surface area contributed by atoms with Gasteiger partial charge in [-0.1, -0.05) is 127 Å². The van der Waals surface area contributed by atoms with Crippen molar-refractivity contribution in [2.24, 2.45) is 0 Å². The fraction of sp³-hybridized carbons (Fsp3) is 0.0119. The predicted molar refractivity (Wildman–Crippen MR) is 380 cm³/mol. The van der Waals surface area contributed by atoms with Gasteiger partial charge in [-0.2, -0.15) is 5.26 Å². The summed E-state index contributed by atoms with van der Waals surface area (Å²) in [4.78, 5) is 19.7. The molecule has 0 radical (unpaired) electrons. The normalized spacial score (nSPS) is 13.0. The second kappa shape index (κ2) is 18.9. The Bertz CT molecular complexity index is 6430. The van der Waals surface area contributed by atoms with E-state index < -0.39 is 5.41 Å². The highest BCUT2D eigenvalue weighted by Gasteiger charge is 2.53. The molecule has 95 heavy (non-hydrogen) atoms. The third kappa shape index (κ3) is 6.81. The molecular formula is C84H46N10O. The first-order chi connectivity index (χ1) is 47.0. The van der Waals surface area contributed by atoms with Gasteiger partial charge in [0.05, 0.1) is 120 Å². The van der Waals surface area contributed by atoms with Crippen molar-refractivity contribution in [1.29, 1.82) is 5.26 Å². The fourth-order valence-electron chi connectivity index (χ4n) is 16.5. The summed E-state index contributed by atoms with van der Waals surface area (Å²) in [5, 5.41) is 21.4. The molecule has 0 fully saturated rings. The van der Waals surface area contributed by atoms with E-state index in [1.807, 2.05) is 49.1 Å². The maximum atomic E-state index is 10.5. The molecule has 11 nitrogen and oxygen atoms in total. The molecule has 11 heteroatoms. The molecule has 1 spiro atoms. The van der Waals surface area contributed by atoms with Crippen LogP contribution in [0.1, 0.15) is 27.8 Å². The molecule has 9 heterocycles. The van der Waals surface area contributed by atoms with Crippen LogP contribution in [0.3, 0.4) is 0 Å². The molecule has 1 aliphatic heterocycles. The average molecular weight is 1210 g/mol. The van der Waals surface area contributed by atoms with Gasteiger partial charge in [-0.3, -0.25) is 15.0 Å². The van der Waals surface area contributed by atoms with Crippen LogP contribution in [0.5, 0.6) is 11.5 Å². The lowest BCUT2D eigenvalue weighted by molar-refractivity contribution is 0.436. The standard InChI is InChI=1S/C84H46N10O/c1-86-50-27-34-77-64(39-50)61-19-7-13-25-75(61)90(77)52-28-31-66-80(43-52)95-81-44-53(91-76-33-26-49(45-85)38-63(76)65-40-51(30-35-78(65)91)92-70-20-8-6-18-60(70)62-36-37-87-48-79(62)92)29-32-67(81)84(66)68-41-54(93-71-21-9-2-14-56(71)57-15-3-10-22-72(57)93)46-88-82(68)83-69(84)42-55(47-89-83)94-73-23-11-4-16-58(73)59-17-5-12-24-74(59)94/h2-44,46-48H. The first kappa shape index (κ1) is 51.4. The second-order valence-electron chi connectivity index (χ2n) is 24.9. The number of benzene rings is 11. The third-order valence-electron chi connectivity index (χ3n) is 20.3. The SMILES string of the molecule is [C-]#[N+]c1ccc2c(c1)c1ccccc1n2-c1ccc2c(c1)Oc1cc(-n3c4ccc(C#N)cc4c4cc(-n5c6ccccc6c6ccncc65)ccc43)ccc1C21c2cc(-n3c4ccccc4c4ccccc43)cnc2-c2ncc(-n3c4ccccc4c4ccccc43)cc21. The minimum atomic E-state index is -1.09. The van der Waals surface area contributed by atoms with Gasteiger partial charge in [-0.05, 0) is 121 Å². The highest BCUT2D eigenvalue weighted by atomic mass is 16.5. The van der Waals surface area contributed by atoms with E-state index in [0.717, 1.165) is 171 Å². The molecule has 0 bridgehead atoms. The minimum absolute atomic E-state index is 0.572. The van der Waals surface area contributed by atoms with Crippen molar-refractivity contribution < 1.29 is 4.74 Å². The Morgan fingerprint density at radius 2 is 0.716 bits per heavy atom. The largest absolute Gasteiger partial charge is 0.457 e. The second-order valence-corrected chi connectivity index (χ2v) is 24.9. The monoisotopic (exact) mass is 1210 g/mol. The number of pyridine rings is 3.